The normalized spacial score (nSPS) is 9.81. The third-order valence-electron chi connectivity index (χ3n) is 2.23. The first-order chi connectivity index (χ1) is 7.75. The number of carbonyl (C=O) groups excluding carboxylic acids is 1. The Labute approximate surface area is 94.9 Å². The van der Waals surface area contributed by atoms with E-state index in [-0.39, 0.29) is 5.91 Å². The number of benzene rings is 2. The van der Waals surface area contributed by atoms with Crippen molar-refractivity contribution in [3.63, 3.8) is 0 Å². The van der Waals surface area contributed by atoms with Gasteiger partial charge in [-0.2, -0.15) is 0 Å². The van der Waals surface area contributed by atoms with E-state index in [1.54, 1.807) is 0 Å². The van der Waals surface area contributed by atoms with Crippen LogP contribution in [0.2, 0.25) is 0 Å². The number of carbonyl (C=O) groups is 1. The van der Waals surface area contributed by atoms with E-state index < -0.39 is 0 Å². The van der Waals surface area contributed by atoms with Crippen LogP contribution >= 0.6 is 0 Å². The predicted octanol–water partition coefficient (Wildman–Crippen LogP) is 3.11. The lowest BCUT2D eigenvalue weighted by Crippen LogP contribution is -2.05. The van der Waals surface area contributed by atoms with E-state index in [1.807, 2.05) is 48.5 Å². The minimum absolute atomic E-state index is 0.0799. The van der Waals surface area contributed by atoms with Crippen LogP contribution in [0.25, 0.3) is 11.1 Å². The van der Waals surface area contributed by atoms with Crippen molar-refractivity contribution < 1.29 is 4.79 Å². The molecule has 1 amide bonds. The average molecular weight is 210 g/mol. The molecule has 2 nitrogen and oxygen atoms in total. The Balaban J connectivity index is 2.23. The highest BCUT2D eigenvalue weighted by Crippen LogP contribution is 2.20. The number of hydrogen-bond donors (Lipinski definition) is 1. The largest absolute Gasteiger partial charge is 0.326 e. The molecular formula is C14H12NO. The smallest absolute Gasteiger partial charge is 0.221 e. The molecule has 2 aromatic carbocycles. The Hall–Kier alpha value is -2.09. The van der Waals surface area contributed by atoms with E-state index in [2.05, 4.69) is 11.4 Å². The van der Waals surface area contributed by atoms with Gasteiger partial charge in [-0.1, -0.05) is 36.4 Å². The van der Waals surface area contributed by atoms with Crippen molar-refractivity contribution in [3.8, 4) is 11.1 Å². The van der Waals surface area contributed by atoms with E-state index in [0.29, 0.717) is 5.69 Å². The molecule has 79 valence electrons. The second-order valence-corrected chi connectivity index (χ2v) is 3.54. The van der Waals surface area contributed by atoms with Gasteiger partial charge in [0.05, 0.1) is 0 Å². The summed E-state index contributed by atoms with van der Waals surface area (Å²) in [5.41, 5.74) is 2.94. The maximum absolute atomic E-state index is 10.8. The summed E-state index contributed by atoms with van der Waals surface area (Å²) in [6.07, 6.45) is 0. The Kier molecular flexibility index (Phi) is 3.01. The fraction of sp³-hybridized carbons (Fsp3) is 0.0714. The summed E-state index contributed by atoms with van der Waals surface area (Å²) in [5, 5.41) is 2.69. The van der Waals surface area contributed by atoms with Crippen LogP contribution in [-0.4, -0.2) is 5.91 Å². The van der Waals surface area contributed by atoms with E-state index in [9.17, 15) is 4.79 Å². The van der Waals surface area contributed by atoms with Gasteiger partial charge in [0.1, 0.15) is 0 Å². The fourth-order valence-electron chi connectivity index (χ4n) is 1.50. The molecule has 0 aliphatic heterocycles. The number of amides is 1. The zero-order chi connectivity index (χ0) is 11.4. The third kappa shape index (κ3) is 2.48. The van der Waals surface area contributed by atoms with E-state index in [0.717, 1.165) is 11.1 Å². The van der Waals surface area contributed by atoms with Gasteiger partial charge in [-0.3, -0.25) is 4.79 Å². The highest BCUT2D eigenvalue weighted by molar-refractivity contribution is 5.88. The lowest BCUT2D eigenvalue weighted by atomic mass is 10.1. The summed E-state index contributed by atoms with van der Waals surface area (Å²) < 4.78 is 0. The minimum Gasteiger partial charge on any atom is -0.326 e. The summed E-state index contributed by atoms with van der Waals surface area (Å²) in [6.45, 7) is 1.49. The molecular weight excluding hydrogens is 198 g/mol. The van der Waals surface area contributed by atoms with Crippen LogP contribution in [0.3, 0.4) is 0 Å². The molecule has 0 bridgehead atoms. The van der Waals surface area contributed by atoms with Crippen LogP contribution in [0.15, 0.2) is 48.5 Å². The number of anilines is 1. The van der Waals surface area contributed by atoms with Crippen molar-refractivity contribution in [2.45, 2.75) is 6.92 Å². The quantitative estimate of drug-likeness (QED) is 0.810. The summed E-state index contributed by atoms with van der Waals surface area (Å²) in [4.78, 5) is 10.8. The van der Waals surface area contributed by atoms with Crippen LogP contribution in [0.1, 0.15) is 6.92 Å². The summed E-state index contributed by atoms with van der Waals surface area (Å²) >= 11 is 0. The second kappa shape index (κ2) is 4.62. The molecule has 0 fully saturated rings. The molecule has 2 rings (SSSR count). The average Bonchev–Trinajstić information content (AvgIpc) is 2.30. The monoisotopic (exact) mass is 210 g/mol. The number of rotatable bonds is 2. The third-order valence-corrected chi connectivity index (χ3v) is 2.23. The van der Waals surface area contributed by atoms with Crippen LogP contribution in [0.4, 0.5) is 5.69 Å². The first-order valence-corrected chi connectivity index (χ1v) is 5.10. The van der Waals surface area contributed by atoms with Crippen molar-refractivity contribution in [2.24, 2.45) is 0 Å². The van der Waals surface area contributed by atoms with Crippen molar-refractivity contribution >= 4 is 11.6 Å². The van der Waals surface area contributed by atoms with Crippen molar-refractivity contribution in [3.05, 3.63) is 54.6 Å². The molecule has 2 aromatic rings. The number of hydrogen-bond acceptors (Lipinski definition) is 1. The number of nitrogens with one attached hydrogen (secondary N) is 1. The Morgan fingerprint density at radius 1 is 1.06 bits per heavy atom. The molecule has 1 radical (unpaired) electrons. The van der Waals surface area contributed by atoms with Gasteiger partial charge < -0.3 is 5.32 Å². The maximum Gasteiger partial charge on any atom is 0.221 e. The van der Waals surface area contributed by atoms with Gasteiger partial charge in [-0.05, 0) is 23.3 Å². The molecule has 0 spiro atoms. The van der Waals surface area contributed by atoms with Gasteiger partial charge in [0, 0.05) is 18.7 Å². The van der Waals surface area contributed by atoms with Gasteiger partial charge in [0.25, 0.3) is 0 Å². The molecule has 2 heteroatoms. The first-order valence-electron chi connectivity index (χ1n) is 5.10. The minimum atomic E-state index is -0.0799. The maximum atomic E-state index is 10.8. The Bertz CT molecular complexity index is 474. The van der Waals surface area contributed by atoms with E-state index in [1.165, 1.54) is 6.92 Å². The van der Waals surface area contributed by atoms with Gasteiger partial charge in [-0.25, -0.2) is 0 Å². The predicted molar refractivity (Wildman–Crippen MR) is 65.0 cm³/mol. The standard InChI is InChI=1S/C14H12NO/c1-11(16)15-14-9-7-13(8-10-14)12-5-3-2-4-6-12/h2-9H,1H3,(H,15,16). The molecule has 0 aliphatic carbocycles. The van der Waals surface area contributed by atoms with E-state index >= 15 is 0 Å². The van der Waals surface area contributed by atoms with Gasteiger partial charge in [-0.15, -0.1) is 0 Å². The molecule has 0 saturated heterocycles. The van der Waals surface area contributed by atoms with Crippen molar-refractivity contribution in [2.75, 3.05) is 5.32 Å². The summed E-state index contributed by atoms with van der Waals surface area (Å²) in [6, 6.07) is 18.8. The molecule has 0 saturated carbocycles. The molecule has 1 N–H and O–H groups in total. The zero-order valence-corrected chi connectivity index (χ0v) is 9.03. The van der Waals surface area contributed by atoms with Crippen molar-refractivity contribution in [1.29, 1.82) is 0 Å². The van der Waals surface area contributed by atoms with Crippen LogP contribution in [0.5, 0.6) is 0 Å². The lowest BCUT2D eigenvalue weighted by Gasteiger charge is -2.04. The summed E-state index contributed by atoms with van der Waals surface area (Å²) in [5.74, 6) is -0.0799. The second-order valence-electron chi connectivity index (χ2n) is 3.54. The Morgan fingerprint density at radius 2 is 1.81 bits per heavy atom. The van der Waals surface area contributed by atoms with Crippen LogP contribution in [0, 0.1) is 6.07 Å². The van der Waals surface area contributed by atoms with Gasteiger partial charge >= 0.3 is 0 Å². The van der Waals surface area contributed by atoms with Crippen LogP contribution in [-0.2, 0) is 4.79 Å². The molecule has 16 heavy (non-hydrogen) atoms. The SMILES string of the molecule is CC(=O)Nc1[c]cc(-c2ccccc2)cc1. The molecule has 0 unspecified atom stereocenters. The van der Waals surface area contributed by atoms with Gasteiger partial charge in [0.15, 0.2) is 0 Å². The summed E-state index contributed by atoms with van der Waals surface area (Å²) in [7, 11) is 0. The molecule has 0 aromatic heterocycles. The zero-order valence-electron chi connectivity index (χ0n) is 9.03. The topological polar surface area (TPSA) is 29.1 Å². The lowest BCUT2D eigenvalue weighted by molar-refractivity contribution is -0.114. The fourth-order valence-corrected chi connectivity index (χ4v) is 1.50. The van der Waals surface area contributed by atoms with Crippen LogP contribution < -0.4 is 5.32 Å². The highest BCUT2D eigenvalue weighted by Gasteiger charge is 1.98. The molecule has 0 aliphatic rings. The van der Waals surface area contributed by atoms with Crippen molar-refractivity contribution in [1.82, 2.24) is 0 Å². The molecule has 0 atom stereocenters. The highest BCUT2D eigenvalue weighted by atomic mass is 16.1. The van der Waals surface area contributed by atoms with E-state index in [4.69, 9.17) is 0 Å². The first kappa shape index (κ1) is 10.4. The Morgan fingerprint density at radius 3 is 2.38 bits per heavy atom. The van der Waals surface area contributed by atoms with Gasteiger partial charge in [0.2, 0.25) is 5.91 Å². The molecule has 0 heterocycles.